The van der Waals surface area contributed by atoms with Crippen LogP contribution in [0.25, 0.3) is 0 Å². The maximum absolute atomic E-state index is 4.31. The minimum atomic E-state index is 0.600. The van der Waals surface area contributed by atoms with E-state index in [-0.39, 0.29) is 0 Å². The second-order valence-corrected chi connectivity index (χ2v) is 5.94. The molecule has 0 amide bonds. The Morgan fingerprint density at radius 3 is 2.79 bits per heavy atom. The smallest absolute Gasteiger partial charge is 0.247 e. The summed E-state index contributed by atoms with van der Waals surface area (Å²) in [5.74, 6) is 0.600. The second kappa shape index (κ2) is 5.22. The molecule has 0 aliphatic carbocycles. The van der Waals surface area contributed by atoms with Crippen molar-refractivity contribution < 1.29 is 0 Å². The normalized spacial score (nSPS) is 14.4. The fraction of sp³-hybridized carbons (Fsp3) is 0.273. The van der Waals surface area contributed by atoms with Gasteiger partial charge in [-0.3, -0.25) is 0 Å². The van der Waals surface area contributed by atoms with Crippen LogP contribution in [0, 0.1) is 6.92 Å². The lowest BCUT2D eigenvalue weighted by molar-refractivity contribution is 0.451. The standard InChI is InChI=1S/C11H11BrN6S/c1-8-10(19-6-15-8)4-17-5-16-18(7-17)11-13-2-9(12)3-14-11/h2-3,5-6H,4,7H2,1H3. The highest BCUT2D eigenvalue weighted by molar-refractivity contribution is 9.10. The monoisotopic (exact) mass is 338 g/mol. The Morgan fingerprint density at radius 1 is 1.32 bits per heavy atom. The highest BCUT2D eigenvalue weighted by atomic mass is 79.9. The van der Waals surface area contributed by atoms with Gasteiger partial charge in [-0.15, -0.1) is 11.3 Å². The molecule has 1 aliphatic rings. The Morgan fingerprint density at radius 2 is 2.11 bits per heavy atom. The molecule has 0 saturated heterocycles. The van der Waals surface area contributed by atoms with Crippen molar-refractivity contribution in [2.24, 2.45) is 5.10 Å². The number of hydrazone groups is 1. The molecule has 2 aromatic rings. The van der Waals surface area contributed by atoms with Crippen molar-refractivity contribution >= 4 is 39.6 Å². The molecule has 0 radical (unpaired) electrons. The maximum atomic E-state index is 4.31. The molecule has 0 fully saturated rings. The van der Waals surface area contributed by atoms with Crippen molar-refractivity contribution in [1.29, 1.82) is 0 Å². The molecule has 0 spiro atoms. The zero-order valence-corrected chi connectivity index (χ0v) is 12.6. The van der Waals surface area contributed by atoms with Crippen molar-refractivity contribution in [3.8, 4) is 0 Å². The van der Waals surface area contributed by atoms with Crippen molar-refractivity contribution in [3.05, 3.63) is 32.9 Å². The molecule has 3 heterocycles. The fourth-order valence-corrected chi connectivity index (χ4v) is 2.69. The van der Waals surface area contributed by atoms with E-state index in [1.807, 2.05) is 18.8 Å². The van der Waals surface area contributed by atoms with Gasteiger partial charge in [-0.1, -0.05) is 0 Å². The minimum absolute atomic E-state index is 0.600. The van der Waals surface area contributed by atoms with Gasteiger partial charge in [-0.25, -0.2) is 20.0 Å². The molecule has 8 heteroatoms. The molecule has 0 aromatic carbocycles. The van der Waals surface area contributed by atoms with Gasteiger partial charge < -0.3 is 4.90 Å². The van der Waals surface area contributed by atoms with E-state index in [4.69, 9.17) is 0 Å². The molecule has 0 bridgehead atoms. The molecule has 0 unspecified atom stereocenters. The summed E-state index contributed by atoms with van der Waals surface area (Å²) >= 11 is 4.98. The van der Waals surface area contributed by atoms with Gasteiger partial charge in [0.1, 0.15) is 13.0 Å². The molecule has 6 nitrogen and oxygen atoms in total. The van der Waals surface area contributed by atoms with E-state index in [1.165, 1.54) is 4.88 Å². The average molecular weight is 339 g/mol. The topological polar surface area (TPSA) is 57.5 Å². The van der Waals surface area contributed by atoms with Gasteiger partial charge in [-0.2, -0.15) is 5.10 Å². The first-order valence-corrected chi connectivity index (χ1v) is 7.32. The van der Waals surface area contributed by atoms with E-state index in [0.29, 0.717) is 12.6 Å². The summed E-state index contributed by atoms with van der Waals surface area (Å²) in [6.45, 7) is 3.49. The molecule has 3 rings (SSSR count). The van der Waals surface area contributed by atoms with Crippen LogP contribution in [0.4, 0.5) is 5.95 Å². The Labute approximate surface area is 122 Å². The molecule has 0 N–H and O–H groups in total. The molecular weight excluding hydrogens is 328 g/mol. The van der Waals surface area contributed by atoms with E-state index in [0.717, 1.165) is 16.7 Å². The lowest BCUT2D eigenvalue weighted by atomic mass is 10.4. The summed E-state index contributed by atoms with van der Waals surface area (Å²) in [7, 11) is 0. The van der Waals surface area contributed by atoms with Gasteiger partial charge in [0.2, 0.25) is 5.95 Å². The molecule has 2 aromatic heterocycles. The number of halogens is 1. The highest BCUT2D eigenvalue weighted by Crippen LogP contribution is 2.18. The fourth-order valence-electron chi connectivity index (χ4n) is 1.69. The number of aryl methyl sites for hydroxylation is 1. The van der Waals surface area contributed by atoms with E-state index in [9.17, 15) is 0 Å². The first kappa shape index (κ1) is 12.5. The molecule has 19 heavy (non-hydrogen) atoms. The number of nitrogens with zero attached hydrogens (tertiary/aromatic N) is 6. The van der Waals surface area contributed by atoms with Crippen LogP contribution in [-0.2, 0) is 6.54 Å². The first-order chi connectivity index (χ1) is 9.22. The van der Waals surface area contributed by atoms with Crippen LogP contribution in [0.1, 0.15) is 10.6 Å². The van der Waals surface area contributed by atoms with E-state index in [1.54, 1.807) is 28.7 Å². The quantitative estimate of drug-likeness (QED) is 0.858. The molecule has 1 aliphatic heterocycles. The van der Waals surface area contributed by atoms with Gasteiger partial charge in [0.25, 0.3) is 0 Å². The summed E-state index contributed by atoms with van der Waals surface area (Å²) in [6.07, 6.45) is 5.24. The Kier molecular flexibility index (Phi) is 3.43. The minimum Gasteiger partial charge on any atom is -0.336 e. The largest absolute Gasteiger partial charge is 0.336 e. The summed E-state index contributed by atoms with van der Waals surface area (Å²) < 4.78 is 0.858. The number of aromatic nitrogens is 3. The van der Waals surface area contributed by atoms with Gasteiger partial charge in [-0.05, 0) is 22.9 Å². The van der Waals surface area contributed by atoms with E-state index < -0.39 is 0 Å². The average Bonchev–Trinajstić information content (AvgIpc) is 3.01. The van der Waals surface area contributed by atoms with Crippen LogP contribution < -0.4 is 5.01 Å². The van der Waals surface area contributed by atoms with E-state index >= 15 is 0 Å². The maximum Gasteiger partial charge on any atom is 0.247 e. The zero-order valence-electron chi connectivity index (χ0n) is 10.2. The van der Waals surface area contributed by atoms with Crippen LogP contribution >= 0.6 is 27.3 Å². The molecule has 0 atom stereocenters. The first-order valence-electron chi connectivity index (χ1n) is 5.64. The van der Waals surface area contributed by atoms with Crippen molar-refractivity contribution in [2.75, 3.05) is 11.7 Å². The summed E-state index contributed by atoms with van der Waals surface area (Å²) in [6, 6.07) is 0. The summed E-state index contributed by atoms with van der Waals surface area (Å²) in [4.78, 5) is 16.1. The van der Waals surface area contributed by atoms with Gasteiger partial charge in [0.05, 0.1) is 22.2 Å². The summed E-state index contributed by atoms with van der Waals surface area (Å²) in [5, 5.41) is 6.07. The molecule has 0 saturated carbocycles. The van der Waals surface area contributed by atoms with Gasteiger partial charge in [0.15, 0.2) is 0 Å². The van der Waals surface area contributed by atoms with Crippen LogP contribution in [0.5, 0.6) is 0 Å². The Bertz CT molecular complexity index is 595. The lowest BCUT2D eigenvalue weighted by Crippen LogP contribution is -2.27. The summed E-state index contributed by atoms with van der Waals surface area (Å²) in [5.41, 5.74) is 2.95. The number of hydrogen-bond acceptors (Lipinski definition) is 7. The third kappa shape index (κ3) is 2.74. The number of rotatable bonds is 3. The zero-order chi connectivity index (χ0) is 13.2. The SMILES string of the molecule is Cc1ncsc1CN1C=NN(c2ncc(Br)cn2)C1. The third-order valence-corrected chi connectivity index (χ3v) is 4.03. The molecule has 98 valence electrons. The highest BCUT2D eigenvalue weighted by Gasteiger charge is 2.18. The van der Waals surface area contributed by atoms with Crippen LogP contribution in [0.15, 0.2) is 27.5 Å². The van der Waals surface area contributed by atoms with Crippen molar-refractivity contribution in [2.45, 2.75) is 13.5 Å². The van der Waals surface area contributed by atoms with Crippen LogP contribution in [0.3, 0.4) is 0 Å². The lowest BCUT2D eigenvalue weighted by Gasteiger charge is -2.16. The molecular formula is C11H11BrN6S. The predicted molar refractivity (Wildman–Crippen MR) is 78.0 cm³/mol. The number of hydrogen-bond donors (Lipinski definition) is 0. The second-order valence-electron chi connectivity index (χ2n) is 4.08. The third-order valence-electron chi connectivity index (χ3n) is 2.70. The van der Waals surface area contributed by atoms with Crippen molar-refractivity contribution in [1.82, 2.24) is 19.9 Å². The van der Waals surface area contributed by atoms with E-state index in [2.05, 4.69) is 40.9 Å². The Hall–Kier alpha value is -1.54. The predicted octanol–water partition coefficient (Wildman–Crippen LogP) is 2.23. The number of anilines is 1. The Balaban J connectivity index is 1.66. The van der Waals surface area contributed by atoms with Crippen LogP contribution in [-0.4, -0.2) is 32.9 Å². The van der Waals surface area contributed by atoms with Gasteiger partial charge >= 0.3 is 0 Å². The van der Waals surface area contributed by atoms with Crippen LogP contribution in [0.2, 0.25) is 0 Å². The number of thiazole rings is 1. The van der Waals surface area contributed by atoms with Gasteiger partial charge in [0, 0.05) is 17.3 Å². The van der Waals surface area contributed by atoms with Crippen molar-refractivity contribution in [3.63, 3.8) is 0 Å².